The molecule has 0 bridgehead atoms. The van der Waals surface area contributed by atoms with E-state index < -0.39 is 10.8 Å². The first-order chi connectivity index (χ1) is 8.74. The van der Waals surface area contributed by atoms with Crippen LogP contribution in [0.4, 0.5) is 0 Å². The summed E-state index contributed by atoms with van der Waals surface area (Å²) in [6.45, 7) is 2.80. The summed E-state index contributed by atoms with van der Waals surface area (Å²) in [5.41, 5.74) is 2.30. The van der Waals surface area contributed by atoms with E-state index in [0.29, 0.717) is 0 Å². The summed E-state index contributed by atoms with van der Waals surface area (Å²) in [5.74, 6) is 0. The van der Waals surface area contributed by atoms with Crippen molar-refractivity contribution >= 4 is 10.8 Å². The first-order valence-corrected chi connectivity index (χ1v) is 7.09. The molecule has 0 radical (unpaired) electrons. The van der Waals surface area contributed by atoms with Gasteiger partial charge >= 0.3 is 0 Å². The predicted molar refractivity (Wildman–Crippen MR) is 71.0 cm³/mol. The summed E-state index contributed by atoms with van der Waals surface area (Å²) in [4.78, 5) is 1.68. The van der Waals surface area contributed by atoms with Gasteiger partial charge in [-0.1, -0.05) is 29.8 Å². The molecule has 2 atom stereocenters. The summed E-state index contributed by atoms with van der Waals surface area (Å²) in [6.07, 6.45) is 0.208. The molecular formula is C15H14O2S. The largest absolute Gasteiger partial charge is 0.368 e. The van der Waals surface area contributed by atoms with Crippen molar-refractivity contribution in [3.8, 4) is 0 Å². The van der Waals surface area contributed by atoms with Gasteiger partial charge in [-0.2, -0.15) is 0 Å². The lowest BCUT2D eigenvalue weighted by Gasteiger charge is -2.04. The van der Waals surface area contributed by atoms with Crippen LogP contribution in [0.3, 0.4) is 0 Å². The lowest BCUT2D eigenvalue weighted by Crippen LogP contribution is -1.94. The van der Waals surface area contributed by atoms with E-state index in [2.05, 4.69) is 0 Å². The second-order valence-electron chi connectivity index (χ2n) is 4.48. The Morgan fingerprint density at radius 2 is 1.83 bits per heavy atom. The number of rotatable bonds is 3. The molecule has 18 heavy (non-hydrogen) atoms. The molecule has 1 aliphatic rings. The molecule has 0 spiro atoms. The highest BCUT2D eigenvalue weighted by atomic mass is 32.2. The Morgan fingerprint density at radius 3 is 2.50 bits per heavy atom. The number of aryl methyl sites for hydroxylation is 1. The first kappa shape index (κ1) is 11.6. The Bertz CT molecular complexity index is 586. The molecule has 1 unspecified atom stereocenters. The summed E-state index contributed by atoms with van der Waals surface area (Å²) in [6, 6.07) is 15.7. The van der Waals surface area contributed by atoms with E-state index >= 15 is 0 Å². The Kier molecular flexibility index (Phi) is 3.02. The van der Waals surface area contributed by atoms with Crippen LogP contribution in [-0.4, -0.2) is 10.8 Å². The minimum Gasteiger partial charge on any atom is -0.368 e. The fourth-order valence-corrected chi connectivity index (χ4v) is 2.97. The molecule has 2 aromatic rings. The molecule has 2 aromatic carbocycles. The van der Waals surface area contributed by atoms with Crippen LogP contribution >= 0.6 is 0 Å². The highest BCUT2D eigenvalue weighted by Gasteiger charge is 2.25. The van der Waals surface area contributed by atoms with Crippen LogP contribution < -0.4 is 0 Å². The molecule has 92 valence electrons. The van der Waals surface area contributed by atoms with Gasteiger partial charge in [0.1, 0.15) is 6.10 Å². The zero-order valence-electron chi connectivity index (χ0n) is 10.1. The molecule has 0 amide bonds. The van der Waals surface area contributed by atoms with Crippen LogP contribution in [0, 0.1) is 6.92 Å². The fourth-order valence-electron chi connectivity index (χ4n) is 1.87. The van der Waals surface area contributed by atoms with Gasteiger partial charge in [0.25, 0.3) is 0 Å². The zero-order chi connectivity index (χ0) is 12.5. The van der Waals surface area contributed by atoms with Crippen molar-refractivity contribution in [2.75, 3.05) is 6.61 Å². The quantitative estimate of drug-likeness (QED) is 0.791. The Hall–Kier alpha value is -1.45. The molecule has 1 saturated heterocycles. The van der Waals surface area contributed by atoms with Crippen molar-refractivity contribution in [3.05, 3.63) is 59.7 Å². The van der Waals surface area contributed by atoms with E-state index in [0.717, 1.165) is 22.0 Å². The maximum absolute atomic E-state index is 12.4. The van der Waals surface area contributed by atoms with Gasteiger partial charge in [-0.25, -0.2) is 4.21 Å². The van der Waals surface area contributed by atoms with Gasteiger partial charge in [-0.05, 0) is 36.8 Å². The van der Waals surface area contributed by atoms with E-state index in [-0.39, 0.29) is 6.10 Å². The van der Waals surface area contributed by atoms with Gasteiger partial charge in [-0.3, -0.25) is 0 Å². The average Bonchev–Trinajstić information content (AvgIpc) is 3.23. The molecular weight excluding hydrogens is 244 g/mol. The van der Waals surface area contributed by atoms with Crippen LogP contribution in [-0.2, 0) is 15.5 Å². The molecule has 3 heteroatoms. The van der Waals surface area contributed by atoms with Crippen LogP contribution in [0.2, 0.25) is 0 Å². The summed E-state index contributed by atoms with van der Waals surface area (Å²) in [7, 11) is -1.11. The Balaban J connectivity index is 1.91. The van der Waals surface area contributed by atoms with Crippen molar-refractivity contribution in [1.29, 1.82) is 0 Å². The van der Waals surface area contributed by atoms with Crippen LogP contribution in [0.15, 0.2) is 58.3 Å². The number of epoxide rings is 1. The average molecular weight is 258 g/mol. The van der Waals surface area contributed by atoms with Crippen LogP contribution in [0.5, 0.6) is 0 Å². The van der Waals surface area contributed by atoms with E-state index in [1.165, 1.54) is 5.56 Å². The lowest BCUT2D eigenvalue weighted by molar-refractivity contribution is 0.415. The van der Waals surface area contributed by atoms with Gasteiger partial charge in [0, 0.05) is 9.79 Å². The molecule has 0 saturated carbocycles. The first-order valence-electron chi connectivity index (χ1n) is 5.94. The maximum atomic E-state index is 12.4. The van der Waals surface area contributed by atoms with E-state index in [4.69, 9.17) is 4.74 Å². The van der Waals surface area contributed by atoms with E-state index in [9.17, 15) is 4.21 Å². The van der Waals surface area contributed by atoms with E-state index in [1.807, 2.05) is 55.5 Å². The number of benzene rings is 2. The van der Waals surface area contributed by atoms with Gasteiger partial charge < -0.3 is 4.74 Å². The van der Waals surface area contributed by atoms with Crippen LogP contribution in [0.1, 0.15) is 17.2 Å². The van der Waals surface area contributed by atoms with E-state index in [1.54, 1.807) is 0 Å². The fraction of sp³-hybridized carbons (Fsp3) is 0.200. The topological polar surface area (TPSA) is 29.6 Å². The minimum atomic E-state index is -1.11. The Morgan fingerprint density at radius 1 is 1.11 bits per heavy atom. The highest BCUT2D eigenvalue weighted by Crippen LogP contribution is 2.31. The van der Waals surface area contributed by atoms with Crippen LogP contribution in [0.25, 0.3) is 0 Å². The number of hydrogen-bond acceptors (Lipinski definition) is 2. The molecule has 3 rings (SSSR count). The smallest absolute Gasteiger partial charge is 0.106 e. The molecule has 1 fully saturated rings. The lowest BCUT2D eigenvalue weighted by atomic mass is 10.2. The second kappa shape index (κ2) is 4.67. The van der Waals surface area contributed by atoms with Gasteiger partial charge in [-0.15, -0.1) is 0 Å². The zero-order valence-corrected chi connectivity index (χ0v) is 10.9. The second-order valence-corrected chi connectivity index (χ2v) is 5.96. The third-order valence-corrected chi connectivity index (χ3v) is 4.39. The Labute approximate surface area is 109 Å². The monoisotopic (exact) mass is 258 g/mol. The van der Waals surface area contributed by atoms with Gasteiger partial charge in [0.15, 0.2) is 0 Å². The van der Waals surface area contributed by atoms with Crippen molar-refractivity contribution in [2.24, 2.45) is 0 Å². The summed E-state index contributed by atoms with van der Waals surface area (Å²) >= 11 is 0. The minimum absolute atomic E-state index is 0.208. The molecule has 1 aliphatic heterocycles. The SMILES string of the molecule is Cc1ccc(S(=O)c2cccc([C@@H]3CO3)c2)cc1. The number of ether oxygens (including phenoxy) is 1. The number of hydrogen-bond donors (Lipinski definition) is 0. The molecule has 0 aromatic heterocycles. The van der Waals surface area contributed by atoms with Crippen molar-refractivity contribution < 1.29 is 8.95 Å². The molecule has 2 nitrogen and oxygen atoms in total. The third-order valence-electron chi connectivity index (χ3n) is 3.01. The van der Waals surface area contributed by atoms with Crippen molar-refractivity contribution in [2.45, 2.75) is 22.8 Å². The normalized spacial score (nSPS) is 19.5. The third kappa shape index (κ3) is 2.37. The summed E-state index contributed by atoms with van der Waals surface area (Å²) < 4.78 is 17.7. The molecule has 0 N–H and O–H groups in total. The highest BCUT2D eigenvalue weighted by molar-refractivity contribution is 7.85. The summed E-state index contributed by atoms with van der Waals surface area (Å²) in [5, 5.41) is 0. The predicted octanol–water partition coefficient (Wildman–Crippen LogP) is 3.23. The maximum Gasteiger partial charge on any atom is 0.106 e. The molecule has 1 heterocycles. The molecule has 0 aliphatic carbocycles. The standard InChI is InChI=1S/C15H14O2S/c1-11-5-7-13(8-6-11)18(16)14-4-2-3-12(9-14)15-10-17-15/h2-9,15H,10H2,1H3/t15-,18?/m0/s1. The van der Waals surface area contributed by atoms with Crippen molar-refractivity contribution in [3.63, 3.8) is 0 Å². The van der Waals surface area contributed by atoms with Gasteiger partial charge in [0.05, 0.1) is 17.4 Å². The van der Waals surface area contributed by atoms with Crippen molar-refractivity contribution in [1.82, 2.24) is 0 Å². The van der Waals surface area contributed by atoms with Gasteiger partial charge in [0.2, 0.25) is 0 Å².